The zero-order chi connectivity index (χ0) is 6.41. The predicted octanol–water partition coefficient (Wildman–Crippen LogP) is -1.86. The molecule has 0 radical (unpaired) electrons. The minimum absolute atomic E-state index is 0. The number of hydrogen-bond acceptors (Lipinski definition) is 0. The quantitative estimate of drug-likeness (QED) is 0.378. The molecule has 0 saturated carbocycles. The van der Waals surface area contributed by atoms with E-state index < -0.39 is 7.31 Å². The van der Waals surface area contributed by atoms with E-state index in [0.29, 0.717) is 0 Å². The van der Waals surface area contributed by atoms with Crippen molar-refractivity contribution in [1.29, 1.82) is 0 Å². The fraction of sp³-hybridized carbons (Fsp3) is 0. The van der Waals surface area contributed by atoms with Gasteiger partial charge in [-0.1, -0.05) is 0 Å². The third-order valence-electron chi connectivity index (χ3n) is 0. The molecule has 0 aliphatic heterocycles. The van der Waals surface area contributed by atoms with Crippen LogP contribution < -0.4 is 59.1 Å². The van der Waals surface area contributed by atoms with Crippen LogP contribution in [-0.2, 0) is 7.31 Å². The Hall–Kier alpha value is 4.43. The summed E-state index contributed by atoms with van der Waals surface area (Å²) >= 11 is 0. The molecule has 0 fully saturated rings. The predicted molar refractivity (Wildman–Crippen MR) is 35.1 cm³/mol. The van der Waals surface area contributed by atoms with Crippen molar-refractivity contribution >= 4 is 56.5 Å². The third-order valence-corrected chi connectivity index (χ3v) is 0. The molecular formula is Cl6Na2Pt. The molecule has 9 heteroatoms. The van der Waals surface area contributed by atoms with Crippen LogP contribution in [0.25, 0.3) is 0 Å². The van der Waals surface area contributed by atoms with Gasteiger partial charge in [-0.05, 0) is 0 Å². The van der Waals surface area contributed by atoms with Crippen molar-refractivity contribution in [3.63, 3.8) is 0 Å². The molecule has 0 N–H and O–H groups in total. The van der Waals surface area contributed by atoms with Gasteiger partial charge in [0, 0.05) is 0 Å². The average molecular weight is 454 g/mol. The molecule has 0 aromatic heterocycles. The molecule has 0 aliphatic rings. The maximum absolute atomic E-state index is 5.29. The Morgan fingerprint density at radius 1 is 0.556 bits per heavy atom. The summed E-state index contributed by atoms with van der Waals surface area (Å²) in [5.41, 5.74) is 0. The summed E-state index contributed by atoms with van der Waals surface area (Å²) in [6, 6.07) is 0. The van der Waals surface area contributed by atoms with E-state index in [4.69, 9.17) is 56.5 Å². The molecule has 0 nitrogen and oxygen atoms in total. The second-order valence-corrected chi connectivity index (χ2v) is 49.9. The van der Waals surface area contributed by atoms with Gasteiger partial charge in [-0.25, -0.2) is 0 Å². The van der Waals surface area contributed by atoms with Crippen molar-refractivity contribution in [3.05, 3.63) is 0 Å². The van der Waals surface area contributed by atoms with E-state index in [-0.39, 0.29) is 59.1 Å². The fourth-order valence-electron chi connectivity index (χ4n) is 0. The second kappa shape index (κ2) is 4.30. The maximum Gasteiger partial charge on any atom is 1.00 e. The Morgan fingerprint density at radius 3 is 0.556 bits per heavy atom. The Kier molecular flexibility index (Phi) is 9.11. The molecule has 0 heterocycles. The fourth-order valence-corrected chi connectivity index (χ4v) is 0. The van der Waals surface area contributed by atoms with Crippen molar-refractivity contribution in [2.45, 2.75) is 0 Å². The van der Waals surface area contributed by atoms with Gasteiger partial charge in [0.1, 0.15) is 0 Å². The van der Waals surface area contributed by atoms with E-state index in [9.17, 15) is 0 Å². The number of halogens is 6. The van der Waals surface area contributed by atoms with Gasteiger partial charge in [-0.3, -0.25) is 0 Å². The van der Waals surface area contributed by atoms with E-state index >= 15 is 0 Å². The average Bonchev–Trinajstić information content (AvgIpc) is 0.592. The first-order valence-electron chi connectivity index (χ1n) is 0.717. The molecule has 0 spiro atoms. The van der Waals surface area contributed by atoms with Crippen LogP contribution in [-0.4, -0.2) is 0 Å². The molecule has 0 atom stereocenters. The van der Waals surface area contributed by atoms with Gasteiger partial charge in [0.2, 0.25) is 0 Å². The van der Waals surface area contributed by atoms with Gasteiger partial charge < -0.3 is 0 Å². The molecule has 9 heavy (non-hydrogen) atoms. The molecule has 0 rings (SSSR count). The SMILES string of the molecule is [Cl][Pt-2]([Cl])([Cl])([Cl])([Cl])[Cl].[Na+].[Na+]. The summed E-state index contributed by atoms with van der Waals surface area (Å²) in [7, 11) is 25.0. The summed E-state index contributed by atoms with van der Waals surface area (Å²) in [5, 5.41) is 0. The Labute approximate surface area is 120 Å². The first-order valence-corrected chi connectivity index (χ1v) is 17.6. The van der Waals surface area contributed by atoms with Crippen LogP contribution in [0.3, 0.4) is 0 Å². The first kappa shape index (κ1) is 19.1. The summed E-state index contributed by atoms with van der Waals surface area (Å²) in [5.74, 6) is 0. The molecule has 0 aromatic carbocycles. The van der Waals surface area contributed by atoms with E-state index in [1.807, 2.05) is 0 Å². The van der Waals surface area contributed by atoms with Crippen molar-refractivity contribution in [2.24, 2.45) is 0 Å². The molecule has 54 valence electrons. The van der Waals surface area contributed by atoms with Gasteiger partial charge >= 0.3 is 123 Å². The molecule has 0 unspecified atom stereocenters. The summed E-state index contributed by atoms with van der Waals surface area (Å²) in [4.78, 5) is 0. The topological polar surface area (TPSA) is 0 Å². The van der Waals surface area contributed by atoms with E-state index in [0.717, 1.165) is 0 Å². The van der Waals surface area contributed by atoms with Crippen LogP contribution in [0.4, 0.5) is 0 Å². The van der Waals surface area contributed by atoms with E-state index in [1.54, 1.807) is 0 Å². The van der Waals surface area contributed by atoms with Gasteiger partial charge in [0.25, 0.3) is 0 Å². The van der Waals surface area contributed by atoms with Crippen molar-refractivity contribution in [2.75, 3.05) is 0 Å². The zero-order valence-electron chi connectivity index (χ0n) is 4.58. The van der Waals surface area contributed by atoms with Crippen LogP contribution in [0, 0.1) is 0 Å². The smallest absolute Gasteiger partial charge is 1.00 e. The Balaban J connectivity index is -0.000000180. The van der Waals surface area contributed by atoms with Crippen LogP contribution >= 0.6 is 56.5 Å². The van der Waals surface area contributed by atoms with Gasteiger partial charge in [0.15, 0.2) is 0 Å². The van der Waals surface area contributed by atoms with Crippen LogP contribution in [0.1, 0.15) is 0 Å². The summed E-state index contributed by atoms with van der Waals surface area (Å²) in [6.45, 7) is 0. The van der Waals surface area contributed by atoms with Crippen molar-refractivity contribution in [1.82, 2.24) is 0 Å². The molecule has 0 bridgehead atoms. The molecule has 0 saturated heterocycles. The molecule has 0 amide bonds. The van der Waals surface area contributed by atoms with Gasteiger partial charge in [-0.15, -0.1) is 0 Å². The van der Waals surface area contributed by atoms with Gasteiger partial charge in [-0.2, -0.15) is 0 Å². The van der Waals surface area contributed by atoms with Gasteiger partial charge in [0.05, 0.1) is 0 Å². The normalized spacial score (nSPS) is 18.0. The van der Waals surface area contributed by atoms with Crippen molar-refractivity contribution in [3.8, 4) is 0 Å². The second-order valence-electron chi connectivity index (χ2n) is 0.678. The zero-order valence-corrected chi connectivity index (χ0v) is 15.4. The minimum atomic E-state index is -5.29. The monoisotopic (exact) mass is 451 g/mol. The largest absolute Gasteiger partial charge is 1.00 e. The Bertz CT molecular complexity index is 69.6. The molecular weight excluding hydrogens is 454 g/mol. The first-order chi connectivity index (χ1) is 2.45. The standard InChI is InChI=1S/6ClH.2Na.Pt/h6*1H;;;/q;;;;;;2*+1;+4/p-6. The minimum Gasteiger partial charge on any atom is 1.00 e. The maximum atomic E-state index is 5.05. The van der Waals surface area contributed by atoms with Crippen LogP contribution in [0.2, 0.25) is 0 Å². The molecule has 0 aliphatic carbocycles. The van der Waals surface area contributed by atoms with E-state index in [2.05, 4.69) is 0 Å². The Morgan fingerprint density at radius 2 is 0.556 bits per heavy atom. The third kappa shape index (κ3) is 68.9. The molecule has 0 aromatic rings. The number of rotatable bonds is 0. The summed E-state index contributed by atoms with van der Waals surface area (Å²) in [6.07, 6.45) is 0. The number of hydrogen-bond donors (Lipinski definition) is 0. The van der Waals surface area contributed by atoms with Crippen LogP contribution in [0.15, 0.2) is 0 Å². The van der Waals surface area contributed by atoms with Crippen LogP contribution in [0.5, 0.6) is 0 Å². The van der Waals surface area contributed by atoms with Crippen molar-refractivity contribution < 1.29 is 66.4 Å². The van der Waals surface area contributed by atoms with E-state index in [1.165, 1.54) is 0 Å². The summed E-state index contributed by atoms with van der Waals surface area (Å²) < 4.78 is 0.